The molecule has 2 atom stereocenters. The molecule has 0 saturated carbocycles. The Kier molecular flexibility index (Phi) is 5.09. The van der Waals surface area contributed by atoms with Gasteiger partial charge in [-0.05, 0) is 18.2 Å². The fraction of sp³-hybridized carbons (Fsp3) is 0.417. The van der Waals surface area contributed by atoms with Crippen LogP contribution in [-0.4, -0.2) is 34.4 Å². The van der Waals surface area contributed by atoms with E-state index >= 15 is 0 Å². The van der Waals surface area contributed by atoms with Crippen LogP contribution in [0, 0.1) is 0 Å². The van der Waals surface area contributed by atoms with Gasteiger partial charge in [-0.2, -0.15) is 0 Å². The average Bonchev–Trinajstić information content (AvgIpc) is 2.28. The number of hydrogen-bond donors (Lipinski definition) is 4. The lowest BCUT2D eigenvalue weighted by molar-refractivity contribution is -0.141. The maximum absolute atomic E-state index is 10.4. The van der Waals surface area contributed by atoms with Gasteiger partial charge in [-0.3, -0.25) is 4.79 Å². The van der Waals surface area contributed by atoms with E-state index in [4.69, 9.17) is 5.11 Å². The maximum atomic E-state index is 10.4. The minimum absolute atomic E-state index is 0.473. The number of aliphatic hydroxyl groups is 2. The minimum Gasteiger partial charge on any atom is -0.481 e. The molecule has 0 aliphatic carbocycles. The molecular weight excluding hydrogens is 222 g/mol. The standard InChI is InChI=1S/C12H17NO4/c1-13-7-8-2-4-9(5-3-8)12(17)10(14)6-11(15)16/h2-5,10,12-14,17H,6-7H2,1H3,(H,15,16). The molecule has 0 saturated heterocycles. The lowest BCUT2D eigenvalue weighted by Gasteiger charge is -2.16. The predicted octanol–water partition coefficient (Wildman–Crippen LogP) is 0.275. The molecule has 5 nitrogen and oxygen atoms in total. The summed E-state index contributed by atoms with van der Waals surface area (Å²) in [6.07, 6.45) is -2.93. The SMILES string of the molecule is CNCc1ccc(C(O)C(O)CC(=O)O)cc1. The van der Waals surface area contributed by atoms with Crippen LogP contribution in [0.2, 0.25) is 0 Å². The van der Waals surface area contributed by atoms with Crippen LogP contribution in [0.3, 0.4) is 0 Å². The quantitative estimate of drug-likeness (QED) is 0.572. The molecule has 0 fully saturated rings. The zero-order chi connectivity index (χ0) is 12.8. The van der Waals surface area contributed by atoms with Gasteiger partial charge in [0.2, 0.25) is 0 Å². The molecule has 1 aromatic carbocycles. The largest absolute Gasteiger partial charge is 0.481 e. The highest BCUT2D eigenvalue weighted by atomic mass is 16.4. The lowest BCUT2D eigenvalue weighted by Crippen LogP contribution is -2.21. The minimum atomic E-state index is -1.29. The summed E-state index contributed by atoms with van der Waals surface area (Å²) in [7, 11) is 1.83. The number of carboxylic acids is 1. The number of hydrogen-bond acceptors (Lipinski definition) is 4. The smallest absolute Gasteiger partial charge is 0.306 e. The molecule has 0 bridgehead atoms. The number of rotatable bonds is 6. The van der Waals surface area contributed by atoms with E-state index in [1.54, 1.807) is 12.1 Å². The van der Waals surface area contributed by atoms with Crippen LogP contribution in [0.4, 0.5) is 0 Å². The van der Waals surface area contributed by atoms with Crippen LogP contribution in [0.25, 0.3) is 0 Å². The van der Waals surface area contributed by atoms with Crippen LogP contribution in [-0.2, 0) is 11.3 Å². The molecule has 1 rings (SSSR count). The van der Waals surface area contributed by atoms with Crippen molar-refractivity contribution in [2.75, 3.05) is 7.05 Å². The maximum Gasteiger partial charge on any atom is 0.306 e. The molecular formula is C12H17NO4. The van der Waals surface area contributed by atoms with Crippen LogP contribution in [0.15, 0.2) is 24.3 Å². The summed E-state index contributed by atoms with van der Waals surface area (Å²) < 4.78 is 0. The zero-order valence-corrected chi connectivity index (χ0v) is 9.63. The monoisotopic (exact) mass is 239 g/mol. The Labute approximate surface area is 99.7 Å². The van der Waals surface area contributed by atoms with Crippen molar-refractivity contribution in [3.8, 4) is 0 Å². The van der Waals surface area contributed by atoms with Gasteiger partial charge in [-0.1, -0.05) is 24.3 Å². The summed E-state index contributed by atoms with van der Waals surface area (Å²) in [4.78, 5) is 10.4. The molecule has 0 aliphatic rings. The number of aliphatic hydroxyl groups excluding tert-OH is 2. The van der Waals surface area contributed by atoms with Gasteiger partial charge in [0.25, 0.3) is 0 Å². The second-order valence-corrected chi connectivity index (χ2v) is 3.88. The molecule has 4 N–H and O–H groups in total. The van der Waals surface area contributed by atoms with Crippen molar-refractivity contribution in [3.05, 3.63) is 35.4 Å². The second-order valence-electron chi connectivity index (χ2n) is 3.88. The van der Waals surface area contributed by atoms with Gasteiger partial charge in [-0.15, -0.1) is 0 Å². The first-order chi connectivity index (χ1) is 8.04. The highest BCUT2D eigenvalue weighted by Gasteiger charge is 2.20. The van der Waals surface area contributed by atoms with Gasteiger partial charge < -0.3 is 20.6 Å². The molecule has 94 valence electrons. The Morgan fingerprint density at radius 3 is 2.35 bits per heavy atom. The molecule has 0 spiro atoms. The predicted molar refractivity (Wildman–Crippen MR) is 62.4 cm³/mol. The summed E-state index contributed by atoms with van der Waals surface area (Å²) >= 11 is 0. The summed E-state index contributed by atoms with van der Waals surface area (Å²) in [5.41, 5.74) is 1.56. The van der Waals surface area contributed by atoms with Gasteiger partial charge in [0.15, 0.2) is 0 Å². The summed E-state index contributed by atoms with van der Waals surface area (Å²) in [5.74, 6) is -1.14. The van der Waals surface area contributed by atoms with Crippen LogP contribution in [0.5, 0.6) is 0 Å². The molecule has 0 heterocycles. The Bertz CT molecular complexity index is 363. The van der Waals surface area contributed by atoms with Gasteiger partial charge in [0.1, 0.15) is 6.10 Å². The average molecular weight is 239 g/mol. The van der Waals surface area contributed by atoms with Crippen molar-refractivity contribution >= 4 is 5.97 Å². The molecule has 0 amide bonds. The van der Waals surface area contributed by atoms with Gasteiger partial charge in [0.05, 0.1) is 12.5 Å². The molecule has 17 heavy (non-hydrogen) atoms. The fourth-order valence-corrected chi connectivity index (χ4v) is 1.55. The van der Waals surface area contributed by atoms with E-state index in [9.17, 15) is 15.0 Å². The van der Waals surface area contributed by atoms with Crippen molar-refractivity contribution in [1.82, 2.24) is 5.32 Å². The summed E-state index contributed by atoms with van der Waals surface area (Å²) in [6, 6.07) is 7.01. The van der Waals surface area contributed by atoms with Crippen LogP contribution in [0.1, 0.15) is 23.7 Å². The molecule has 0 aliphatic heterocycles. The van der Waals surface area contributed by atoms with E-state index in [1.807, 2.05) is 19.2 Å². The second kappa shape index (κ2) is 6.34. The van der Waals surface area contributed by atoms with Crippen molar-refractivity contribution < 1.29 is 20.1 Å². The van der Waals surface area contributed by atoms with Gasteiger partial charge >= 0.3 is 5.97 Å². The number of benzene rings is 1. The third-order valence-electron chi connectivity index (χ3n) is 2.45. The Morgan fingerprint density at radius 1 is 1.29 bits per heavy atom. The summed E-state index contributed by atoms with van der Waals surface area (Å²) in [6.45, 7) is 0.716. The third-order valence-corrected chi connectivity index (χ3v) is 2.45. The number of carbonyl (C=O) groups is 1. The van der Waals surface area contributed by atoms with E-state index in [0.29, 0.717) is 12.1 Å². The van der Waals surface area contributed by atoms with E-state index in [2.05, 4.69) is 5.32 Å². The van der Waals surface area contributed by atoms with Gasteiger partial charge in [-0.25, -0.2) is 0 Å². The number of aliphatic carboxylic acids is 1. The highest BCUT2D eigenvalue weighted by molar-refractivity contribution is 5.67. The van der Waals surface area contributed by atoms with Crippen molar-refractivity contribution in [1.29, 1.82) is 0 Å². The Morgan fingerprint density at radius 2 is 1.88 bits per heavy atom. The van der Waals surface area contributed by atoms with Gasteiger partial charge in [0, 0.05) is 6.54 Å². The molecule has 0 radical (unpaired) electrons. The number of nitrogens with one attached hydrogen (secondary N) is 1. The first-order valence-corrected chi connectivity index (χ1v) is 5.36. The first kappa shape index (κ1) is 13.6. The molecule has 1 aromatic rings. The van der Waals surface area contributed by atoms with Crippen LogP contribution < -0.4 is 5.32 Å². The molecule has 5 heteroatoms. The molecule has 2 unspecified atom stereocenters. The summed E-state index contributed by atoms with van der Waals surface area (Å²) in [5, 5.41) is 30.7. The van der Waals surface area contributed by atoms with E-state index in [1.165, 1.54) is 0 Å². The van der Waals surface area contributed by atoms with E-state index in [0.717, 1.165) is 5.56 Å². The number of carboxylic acid groups (broad SMARTS) is 1. The lowest BCUT2D eigenvalue weighted by atomic mass is 10.0. The zero-order valence-electron chi connectivity index (χ0n) is 9.63. The Hall–Kier alpha value is -1.43. The Balaban J connectivity index is 2.68. The van der Waals surface area contributed by atoms with Crippen molar-refractivity contribution in [3.63, 3.8) is 0 Å². The topological polar surface area (TPSA) is 89.8 Å². The van der Waals surface area contributed by atoms with E-state index in [-0.39, 0.29) is 0 Å². The van der Waals surface area contributed by atoms with Crippen LogP contribution >= 0.6 is 0 Å². The van der Waals surface area contributed by atoms with E-state index < -0.39 is 24.6 Å². The highest BCUT2D eigenvalue weighted by Crippen LogP contribution is 2.19. The van der Waals surface area contributed by atoms with Crippen molar-refractivity contribution in [2.45, 2.75) is 25.2 Å². The normalized spacial score (nSPS) is 14.3. The first-order valence-electron chi connectivity index (χ1n) is 5.36. The van der Waals surface area contributed by atoms with Crippen molar-refractivity contribution in [2.24, 2.45) is 0 Å². The molecule has 0 aromatic heterocycles. The fourth-order valence-electron chi connectivity index (χ4n) is 1.55. The third kappa shape index (κ3) is 4.14.